The van der Waals surface area contributed by atoms with Gasteiger partial charge in [0.15, 0.2) is 0 Å². The average molecular weight is 293 g/mol. The van der Waals surface area contributed by atoms with E-state index in [9.17, 15) is 4.79 Å². The van der Waals surface area contributed by atoms with Gasteiger partial charge in [0.25, 0.3) is 0 Å². The molecule has 1 saturated heterocycles. The highest BCUT2D eigenvalue weighted by molar-refractivity contribution is 9.10. The van der Waals surface area contributed by atoms with E-state index in [0.29, 0.717) is 25.9 Å². The minimum atomic E-state index is -0.0110. The molecule has 1 aliphatic heterocycles. The molecule has 2 rings (SSSR count). The number of halogens is 1. The van der Waals surface area contributed by atoms with Crippen LogP contribution < -0.4 is 0 Å². The number of carbonyl (C=O) groups is 1. The highest BCUT2D eigenvalue weighted by atomic mass is 79.9. The van der Waals surface area contributed by atoms with Crippen LogP contribution in [-0.4, -0.2) is 17.4 Å². The molecule has 1 aliphatic rings. The number of hydrogen-bond donors (Lipinski definition) is 0. The van der Waals surface area contributed by atoms with Crippen LogP contribution in [0.4, 0.5) is 0 Å². The quantitative estimate of drug-likeness (QED) is 0.841. The summed E-state index contributed by atoms with van der Waals surface area (Å²) in [5, 5.41) is 8.90. The predicted octanol–water partition coefficient (Wildman–Crippen LogP) is 2.71. The fourth-order valence-electron chi connectivity index (χ4n) is 1.98. The molecule has 0 spiro atoms. The van der Waals surface area contributed by atoms with Gasteiger partial charge in [-0.05, 0) is 24.1 Å². The Labute approximate surface area is 109 Å². The first-order valence-electron chi connectivity index (χ1n) is 5.61. The van der Waals surface area contributed by atoms with Gasteiger partial charge in [-0.15, -0.1) is 0 Å². The average Bonchev–Trinajstić information content (AvgIpc) is 2.35. The van der Waals surface area contributed by atoms with Crippen molar-refractivity contribution >= 4 is 21.8 Å². The van der Waals surface area contributed by atoms with Crippen LogP contribution in [0.1, 0.15) is 18.4 Å². The molecule has 0 radical (unpaired) electrons. The van der Waals surface area contributed by atoms with E-state index < -0.39 is 0 Å². The van der Waals surface area contributed by atoms with Crippen LogP contribution >= 0.6 is 15.9 Å². The summed E-state index contributed by atoms with van der Waals surface area (Å²) in [7, 11) is 0. The zero-order valence-electron chi connectivity index (χ0n) is 9.40. The van der Waals surface area contributed by atoms with Crippen molar-refractivity contribution in [3.63, 3.8) is 0 Å². The third kappa shape index (κ3) is 3.07. The van der Waals surface area contributed by atoms with Crippen molar-refractivity contribution in [2.75, 3.05) is 6.54 Å². The second kappa shape index (κ2) is 5.33. The molecule has 4 heteroatoms. The molecular formula is C13H13BrN2O. The minimum Gasteiger partial charge on any atom is -0.337 e. The summed E-state index contributed by atoms with van der Waals surface area (Å²) in [5.74, 6) is 0.141. The third-order valence-electron chi connectivity index (χ3n) is 2.97. The van der Waals surface area contributed by atoms with E-state index in [-0.39, 0.29) is 11.8 Å². The number of nitrogens with zero attached hydrogens (tertiary/aromatic N) is 2. The number of hydrogen-bond acceptors (Lipinski definition) is 2. The summed E-state index contributed by atoms with van der Waals surface area (Å²) in [6.45, 7) is 1.16. The highest BCUT2D eigenvalue weighted by Crippen LogP contribution is 2.19. The van der Waals surface area contributed by atoms with Crippen molar-refractivity contribution in [2.24, 2.45) is 5.92 Å². The summed E-state index contributed by atoms with van der Waals surface area (Å²) >= 11 is 3.38. The molecule has 1 heterocycles. The maximum atomic E-state index is 11.7. The number of piperidine rings is 1. The van der Waals surface area contributed by atoms with Gasteiger partial charge in [0, 0.05) is 24.0 Å². The smallest absolute Gasteiger partial charge is 0.222 e. The Kier molecular flexibility index (Phi) is 3.80. The van der Waals surface area contributed by atoms with Gasteiger partial charge >= 0.3 is 0 Å². The van der Waals surface area contributed by atoms with E-state index in [4.69, 9.17) is 5.26 Å². The van der Waals surface area contributed by atoms with Gasteiger partial charge in [0.05, 0.1) is 12.0 Å². The van der Waals surface area contributed by atoms with Crippen molar-refractivity contribution in [1.82, 2.24) is 4.90 Å². The third-order valence-corrected chi connectivity index (χ3v) is 3.50. The summed E-state index contributed by atoms with van der Waals surface area (Å²) in [6.07, 6.45) is 1.20. The fourth-order valence-corrected chi connectivity index (χ4v) is 2.25. The number of likely N-dealkylation sites (tertiary alicyclic amines) is 1. The highest BCUT2D eigenvalue weighted by Gasteiger charge is 2.25. The number of benzene rings is 1. The van der Waals surface area contributed by atoms with Crippen LogP contribution in [0, 0.1) is 17.2 Å². The predicted molar refractivity (Wildman–Crippen MR) is 67.9 cm³/mol. The van der Waals surface area contributed by atoms with Gasteiger partial charge in [0.1, 0.15) is 0 Å². The Bertz CT molecular complexity index is 449. The summed E-state index contributed by atoms with van der Waals surface area (Å²) in [5.41, 5.74) is 1.10. The van der Waals surface area contributed by atoms with Crippen LogP contribution in [-0.2, 0) is 11.3 Å². The number of rotatable bonds is 2. The second-order valence-corrected chi connectivity index (χ2v) is 5.18. The molecule has 1 atom stereocenters. The molecule has 1 aromatic rings. The van der Waals surface area contributed by atoms with Gasteiger partial charge in [-0.25, -0.2) is 0 Å². The second-order valence-electron chi connectivity index (χ2n) is 4.27. The summed E-state index contributed by atoms with van der Waals surface area (Å²) in [4.78, 5) is 13.5. The Morgan fingerprint density at radius 1 is 1.41 bits per heavy atom. The van der Waals surface area contributed by atoms with E-state index in [0.717, 1.165) is 10.0 Å². The molecule has 0 aromatic heterocycles. The van der Waals surface area contributed by atoms with E-state index >= 15 is 0 Å². The van der Waals surface area contributed by atoms with Crippen molar-refractivity contribution < 1.29 is 4.79 Å². The first-order valence-corrected chi connectivity index (χ1v) is 6.40. The van der Waals surface area contributed by atoms with Gasteiger partial charge in [0.2, 0.25) is 5.91 Å². The zero-order valence-corrected chi connectivity index (χ0v) is 11.0. The molecule has 0 aliphatic carbocycles. The van der Waals surface area contributed by atoms with Crippen LogP contribution in [0.3, 0.4) is 0 Å². The lowest BCUT2D eigenvalue weighted by Crippen LogP contribution is -2.38. The maximum absolute atomic E-state index is 11.7. The molecule has 0 bridgehead atoms. The van der Waals surface area contributed by atoms with Gasteiger partial charge < -0.3 is 4.90 Å². The molecule has 0 saturated carbocycles. The molecular weight excluding hydrogens is 280 g/mol. The summed E-state index contributed by atoms with van der Waals surface area (Å²) in [6, 6.07) is 10.2. The topological polar surface area (TPSA) is 44.1 Å². The molecule has 3 nitrogen and oxygen atoms in total. The largest absolute Gasteiger partial charge is 0.337 e. The van der Waals surface area contributed by atoms with Crippen LogP contribution in [0.15, 0.2) is 28.7 Å². The first kappa shape index (κ1) is 12.1. The lowest BCUT2D eigenvalue weighted by molar-refractivity contribution is -0.134. The van der Waals surface area contributed by atoms with E-state index in [1.165, 1.54) is 0 Å². The standard InChI is InChI=1S/C13H13BrN2O/c14-12-4-1-10(2-5-12)8-16-9-11(7-15)3-6-13(16)17/h1-2,4-5,11H,3,6,8-9H2. The van der Waals surface area contributed by atoms with E-state index in [1.807, 2.05) is 24.3 Å². The van der Waals surface area contributed by atoms with Crippen molar-refractivity contribution in [1.29, 1.82) is 5.26 Å². The van der Waals surface area contributed by atoms with Crippen LogP contribution in [0.2, 0.25) is 0 Å². The maximum Gasteiger partial charge on any atom is 0.222 e. The molecule has 1 amide bonds. The normalized spacial score (nSPS) is 20.1. The van der Waals surface area contributed by atoms with Crippen LogP contribution in [0.25, 0.3) is 0 Å². The SMILES string of the molecule is N#CC1CCC(=O)N(Cc2ccc(Br)cc2)C1. The van der Waals surface area contributed by atoms with Gasteiger partial charge in [-0.2, -0.15) is 5.26 Å². The number of amides is 1. The van der Waals surface area contributed by atoms with Crippen LogP contribution in [0.5, 0.6) is 0 Å². The number of carbonyl (C=O) groups excluding carboxylic acids is 1. The monoisotopic (exact) mass is 292 g/mol. The Balaban J connectivity index is 2.04. The van der Waals surface area contributed by atoms with Gasteiger partial charge in [-0.1, -0.05) is 28.1 Å². The van der Waals surface area contributed by atoms with E-state index in [1.54, 1.807) is 4.90 Å². The summed E-state index contributed by atoms with van der Waals surface area (Å²) < 4.78 is 1.03. The lowest BCUT2D eigenvalue weighted by atomic mass is 9.98. The van der Waals surface area contributed by atoms with Crippen molar-refractivity contribution in [3.05, 3.63) is 34.3 Å². The van der Waals surface area contributed by atoms with Crippen molar-refractivity contribution in [2.45, 2.75) is 19.4 Å². The molecule has 1 unspecified atom stereocenters. The van der Waals surface area contributed by atoms with E-state index in [2.05, 4.69) is 22.0 Å². The molecule has 1 fully saturated rings. The molecule has 88 valence electrons. The molecule has 1 aromatic carbocycles. The number of nitriles is 1. The van der Waals surface area contributed by atoms with Crippen molar-refractivity contribution in [3.8, 4) is 6.07 Å². The Morgan fingerprint density at radius 3 is 2.76 bits per heavy atom. The fraction of sp³-hybridized carbons (Fsp3) is 0.385. The first-order chi connectivity index (χ1) is 8.19. The Hall–Kier alpha value is -1.34. The molecule has 17 heavy (non-hydrogen) atoms. The lowest BCUT2D eigenvalue weighted by Gasteiger charge is -2.29. The zero-order chi connectivity index (χ0) is 12.3. The minimum absolute atomic E-state index is 0.0110. The Morgan fingerprint density at radius 2 is 2.12 bits per heavy atom. The van der Waals surface area contributed by atoms with Gasteiger partial charge in [-0.3, -0.25) is 4.79 Å². The molecule has 0 N–H and O–H groups in total.